The number of guanidine groups is 1. The summed E-state index contributed by atoms with van der Waals surface area (Å²) in [5.41, 5.74) is -0.928. The van der Waals surface area contributed by atoms with E-state index in [2.05, 4.69) is 15.6 Å². The molecule has 2 aromatic carbocycles. The Labute approximate surface area is 169 Å². The molecule has 0 atom stereocenters. The number of alkyl halides is 3. The van der Waals surface area contributed by atoms with Gasteiger partial charge in [-0.05, 0) is 29.8 Å². The lowest BCUT2D eigenvalue weighted by molar-refractivity contribution is -0.138. The van der Waals surface area contributed by atoms with Crippen molar-refractivity contribution in [3.8, 4) is 11.5 Å². The standard InChI is InChI=1S/C17H16F5N3O.HI/c1-23-16(24-2)25-9-10-3-4-11(7-13(10)17(20,21)22)26-12-5-6-14(18)15(19)8-12;/h3-8H,9H2,1-2H3,(H2,23,24,25);1H. The number of halogens is 6. The fourth-order valence-corrected chi connectivity index (χ4v) is 2.17. The highest BCUT2D eigenvalue weighted by Crippen LogP contribution is 2.35. The number of nitrogens with one attached hydrogen (secondary N) is 2. The van der Waals surface area contributed by atoms with Gasteiger partial charge in [-0.25, -0.2) is 8.78 Å². The van der Waals surface area contributed by atoms with Gasteiger partial charge in [0.2, 0.25) is 0 Å². The second-order valence-corrected chi connectivity index (χ2v) is 5.17. The van der Waals surface area contributed by atoms with Gasteiger partial charge >= 0.3 is 6.18 Å². The monoisotopic (exact) mass is 501 g/mol. The number of hydrogen-bond acceptors (Lipinski definition) is 2. The van der Waals surface area contributed by atoms with Crippen LogP contribution < -0.4 is 15.4 Å². The Balaban J connectivity index is 0.00000364. The van der Waals surface area contributed by atoms with Crippen molar-refractivity contribution in [3.05, 3.63) is 59.2 Å². The van der Waals surface area contributed by atoms with Crippen LogP contribution in [0.4, 0.5) is 22.0 Å². The summed E-state index contributed by atoms with van der Waals surface area (Å²) in [6.45, 7) is -0.117. The van der Waals surface area contributed by atoms with Crippen LogP contribution in [0.2, 0.25) is 0 Å². The van der Waals surface area contributed by atoms with Crippen LogP contribution in [0.15, 0.2) is 41.4 Å². The zero-order valence-electron chi connectivity index (χ0n) is 14.3. The first-order valence-electron chi connectivity index (χ1n) is 7.46. The van der Waals surface area contributed by atoms with Crippen LogP contribution in [0.3, 0.4) is 0 Å². The Hall–Kier alpha value is -2.11. The van der Waals surface area contributed by atoms with E-state index in [9.17, 15) is 22.0 Å². The molecule has 0 aromatic heterocycles. The summed E-state index contributed by atoms with van der Waals surface area (Å²) in [4.78, 5) is 3.82. The normalized spacial score (nSPS) is 11.6. The highest BCUT2D eigenvalue weighted by molar-refractivity contribution is 14.0. The number of ether oxygens (including phenoxy) is 1. The van der Waals surface area contributed by atoms with Crippen LogP contribution in [0, 0.1) is 11.6 Å². The molecule has 0 bridgehead atoms. The third-order valence-electron chi connectivity index (χ3n) is 3.42. The van der Waals surface area contributed by atoms with Crippen molar-refractivity contribution in [2.24, 2.45) is 4.99 Å². The van der Waals surface area contributed by atoms with Gasteiger partial charge in [0.1, 0.15) is 11.5 Å². The first-order chi connectivity index (χ1) is 12.2. The topological polar surface area (TPSA) is 45.7 Å². The molecule has 10 heteroatoms. The molecule has 0 spiro atoms. The van der Waals surface area contributed by atoms with Crippen LogP contribution in [-0.2, 0) is 12.7 Å². The van der Waals surface area contributed by atoms with Crippen LogP contribution in [-0.4, -0.2) is 20.1 Å². The van der Waals surface area contributed by atoms with E-state index >= 15 is 0 Å². The summed E-state index contributed by atoms with van der Waals surface area (Å²) in [5.74, 6) is -2.16. The molecule has 0 fully saturated rings. The molecule has 148 valence electrons. The Bertz CT molecular complexity index is 812. The van der Waals surface area contributed by atoms with Crippen LogP contribution in [0.25, 0.3) is 0 Å². The largest absolute Gasteiger partial charge is 0.457 e. The minimum atomic E-state index is -4.62. The number of nitrogens with zero attached hydrogens (tertiary/aromatic N) is 1. The van der Waals surface area contributed by atoms with E-state index in [1.54, 1.807) is 7.05 Å². The molecule has 2 rings (SSSR count). The quantitative estimate of drug-likeness (QED) is 0.277. The maximum absolute atomic E-state index is 13.3. The van der Waals surface area contributed by atoms with Crippen molar-refractivity contribution >= 4 is 29.9 Å². The van der Waals surface area contributed by atoms with Crippen molar-refractivity contribution in [2.45, 2.75) is 12.7 Å². The molecular formula is C17H17F5IN3O. The van der Waals surface area contributed by atoms with E-state index in [4.69, 9.17) is 4.74 Å². The van der Waals surface area contributed by atoms with Crippen molar-refractivity contribution in [1.82, 2.24) is 10.6 Å². The molecule has 0 heterocycles. The van der Waals surface area contributed by atoms with Crippen LogP contribution in [0.1, 0.15) is 11.1 Å². The molecule has 0 amide bonds. The Morgan fingerprint density at radius 1 is 1.04 bits per heavy atom. The zero-order chi connectivity index (χ0) is 19.3. The smallest absolute Gasteiger partial charge is 0.416 e. The summed E-state index contributed by atoms with van der Waals surface area (Å²) in [7, 11) is 3.07. The van der Waals surface area contributed by atoms with Crippen LogP contribution >= 0.6 is 24.0 Å². The molecule has 0 unspecified atom stereocenters. The molecule has 0 saturated heterocycles. The van der Waals surface area contributed by atoms with Gasteiger partial charge < -0.3 is 15.4 Å². The number of aliphatic imine (C=N–C) groups is 1. The summed E-state index contributed by atoms with van der Waals surface area (Å²) in [6.07, 6.45) is -4.62. The molecule has 0 saturated carbocycles. The predicted molar refractivity (Wildman–Crippen MR) is 103 cm³/mol. The SMILES string of the molecule is CN=C(NC)NCc1ccc(Oc2ccc(F)c(F)c2)cc1C(F)(F)F.I. The molecule has 2 N–H and O–H groups in total. The van der Waals surface area contributed by atoms with E-state index in [1.807, 2.05) is 0 Å². The molecule has 4 nitrogen and oxygen atoms in total. The Kier molecular flexibility index (Phi) is 8.25. The van der Waals surface area contributed by atoms with Gasteiger partial charge in [0.05, 0.1) is 5.56 Å². The van der Waals surface area contributed by atoms with E-state index < -0.39 is 23.4 Å². The molecule has 2 aromatic rings. The van der Waals surface area contributed by atoms with E-state index in [0.717, 1.165) is 24.3 Å². The van der Waals surface area contributed by atoms with Crippen LogP contribution in [0.5, 0.6) is 11.5 Å². The lowest BCUT2D eigenvalue weighted by atomic mass is 10.1. The number of hydrogen-bond donors (Lipinski definition) is 2. The average Bonchev–Trinajstić information content (AvgIpc) is 2.59. The summed E-state index contributed by atoms with van der Waals surface area (Å²) >= 11 is 0. The predicted octanol–water partition coefficient (Wildman–Crippen LogP) is 4.69. The Morgan fingerprint density at radius 2 is 1.67 bits per heavy atom. The first-order valence-corrected chi connectivity index (χ1v) is 7.46. The van der Waals surface area contributed by atoms with Gasteiger partial charge in [0.15, 0.2) is 17.6 Å². The average molecular weight is 501 g/mol. The van der Waals surface area contributed by atoms with Gasteiger partial charge in [-0.2, -0.15) is 13.2 Å². The highest BCUT2D eigenvalue weighted by atomic mass is 127. The van der Waals surface area contributed by atoms with Crippen molar-refractivity contribution < 1.29 is 26.7 Å². The molecule has 27 heavy (non-hydrogen) atoms. The fraction of sp³-hybridized carbons (Fsp3) is 0.235. The Morgan fingerprint density at radius 3 is 2.22 bits per heavy atom. The number of rotatable bonds is 4. The summed E-state index contributed by atoms with van der Waals surface area (Å²) in [5, 5.41) is 5.44. The lowest BCUT2D eigenvalue weighted by Gasteiger charge is -2.16. The molecule has 0 aliphatic rings. The maximum Gasteiger partial charge on any atom is 0.416 e. The first kappa shape index (κ1) is 22.9. The third kappa shape index (κ3) is 6.22. The summed E-state index contributed by atoms with van der Waals surface area (Å²) < 4.78 is 71.3. The van der Waals surface area contributed by atoms with E-state index in [-0.39, 0.29) is 47.6 Å². The zero-order valence-corrected chi connectivity index (χ0v) is 16.7. The van der Waals surface area contributed by atoms with Crippen molar-refractivity contribution in [1.29, 1.82) is 0 Å². The maximum atomic E-state index is 13.3. The molecule has 0 aliphatic carbocycles. The third-order valence-corrected chi connectivity index (χ3v) is 3.42. The second-order valence-electron chi connectivity index (χ2n) is 5.17. The number of benzene rings is 2. The lowest BCUT2D eigenvalue weighted by Crippen LogP contribution is -2.34. The highest BCUT2D eigenvalue weighted by Gasteiger charge is 2.33. The minimum Gasteiger partial charge on any atom is -0.457 e. The van der Waals surface area contributed by atoms with Gasteiger partial charge in [-0.3, -0.25) is 4.99 Å². The molecule has 0 aliphatic heterocycles. The van der Waals surface area contributed by atoms with Gasteiger partial charge in [0.25, 0.3) is 0 Å². The van der Waals surface area contributed by atoms with Gasteiger partial charge in [-0.15, -0.1) is 24.0 Å². The van der Waals surface area contributed by atoms with E-state index in [1.165, 1.54) is 19.2 Å². The van der Waals surface area contributed by atoms with Gasteiger partial charge in [-0.1, -0.05) is 6.07 Å². The van der Waals surface area contributed by atoms with Crippen molar-refractivity contribution in [2.75, 3.05) is 14.1 Å². The minimum absolute atomic E-state index is 0. The summed E-state index contributed by atoms with van der Waals surface area (Å²) in [6, 6.07) is 6.08. The fourth-order valence-electron chi connectivity index (χ4n) is 2.17. The van der Waals surface area contributed by atoms with Crippen molar-refractivity contribution in [3.63, 3.8) is 0 Å². The van der Waals surface area contributed by atoms with Gasteiger partial charge in [0, 0.05) is 26.7 Å². The molecule has 0 radical (unpaired) electrons. The second kappa shape index (κ2) is 9.72. The van der Waals surface area contributed by atoms with E-state index in [0.29, 0.717) is 5.96 Å². The molecular weight excluding hydrogens is 484 g/mol.